The molecule has 1 aliphatic rings. The molecule has 0 spiro atoms. The molecule has 0 aliphatic heterocycles. The average Bonchev–Trinajstić information content (AvgIpc) is 3.33. The van der Waals surface area contributed by atoms with Crippen molar-refractivity contribution in [2.75, 3.05) is 24.7 Å². The van der Waals surface area contributed by atoms with Crippen molar-refractivity contribution < 1.29 is 19.1 Å². The van der Waals surface area contributed by atoms with E-state index in [2.05, 4.69) is 9.97 Å². The van der Waals surface area contributed by atoms with Crippen LogP contribution in [0.2, 0.25) is 5.28 Å². The van der Waals surface area contributed by atoms with Crippen molar-refractivity contribution in [3.8, 4) is 0 Å². The standard InChI is InChI=1S/C15H20ClN3O4/c1-3-22-12(20)7-8-19(10-5-6-10)13-11(14(21)23-4-2)9-17-15(16)18-13/h9-10H,3-8H2,1-2H3. The predicted octanol–water partition coefficient (Wildman–Crippen LogP) is 2.23. The van der Waals surface area contributed by atoms with E-state index in [1.807, 2.05) is 4.90 Å². The van der Waals surface area contributed by atoms with Crippen molar-refractivity contribution >= 4 is 29.4 Å². The molecule has 1 saturated carbocycles. The fourth-order valence-corrected chi connectivity index (χ4v) is 2.35. The van der Waals surface area contributed by atoms with Gasteiger partial charge < -0.3 is 14.4 Å². The number of hydrogen-bond donors (Lipinski definition) is 0. The summed E-state index contributed by atoms with van der Waals surface area (Å²) in [5, 5.41) is 0.0508. The van der Waals surface area contributed by atoms with Crippen LogP contribution in [0.25, 0.3) is 0 Å². The summed E-state index contributed by atoms with van der Waals surface area (Å²) in [5.41, 5.74) is 0.256. The molecule has 0 bridgehead atoms. The van der Waals surface area contributed by atoms with Crippen LogP contribution < -0.4 is 4.90 Å². The number of rotatable bonds is 8. The van der Waals surface area contributed by atoms with E-state index in [0.29, 0.717) is 19.0 Å². The first-order valence-corrected chi connectivity index (χ1v) is 8.06. The molecule has 1 aliphatic carbocycles. The Kier molecular flexibility index (Phi) is 6.15. The van der Waals surface area contributed by atoms with Crippen molar-refractivity contribution in [3.63, 3.8) is 0 Å². The molecule has 0 radical (unpaired) electrons. The highest BCUT2D eigenvalue weighted by Crippen LogP contribution is 2.33. The Bertz CT molecular complexity index is 578. The summed E-state index contributed by atoms with van der Waals surface area (Å²) >= 11 is 5.89. The highest BCUT2D eigenvalue weighted by molar-refractivity contribution is 6.28. The molecule has 0 N–H and O–H groups in total. The van der Waals surface area contributed by atoms with E-state index < -0.39 is 5.97 Å². The van der Waals surface area contributed by atoms with Crippen LogP contribution in [-0.2, 0) is 14.3 Å². The van der Waals surface area contributed by atoms with E-state index in [-0.39, 0.29) is 35.9 Å². The molecule has 0 unspecified atom stereocenters. The number of carbonyl (C=O) groups is 2. The van der Waals surface area contributed by atoms with Gasteiger partial charge in [-0.2, -0.15) is 4.98 Å². The quantitative estimate of drug-likeness (QED) is 0.529. The molecule has 8 heteroatoms. The second-order valence-corrected chi connectivity index (χ2v) is 5.41. The van der Waals surface area contributed by atoms with Gasteiger partial charge in [0.2, 0.25) is 5.28 Å². The maximum absolute atomic E-state index is 12.1. The van der Waals surface area contributed by atoms with Crippen LogP contribution in [0.5, 0.6) is 0 Å². The van der Waals surface area contributed by atoms with Crippen LogP contribution in [0.15, 0.2) is 6.20 Å². The van der Waals surface area contributed by atoms with Crippen molar-refractivity contribution in [2.45, 2.75) is 39.2 Å². The first-order chi connectivity index (χ1) is 11.1. The molecule has 2 rings (SSSR count). The highest BCUT2D eigenvalue weighted by atomic mass is 35.5. The van der Waals surface area contributed by atoms with E-state index in [1.165, 1.54) is 6.20 Å². The smallest absolute Gasteiger partial charge is 0.343 e. The van der Waals surface area contributed by atoms with E-state index >= 15 is 0 Å². The zero-order valence-corrected chi connectivity index (χ0v) is 14.0. The zero-order valence-electron chi connectivity index (χ0n) is 13.2. The summed E-state index contributed by atoms with van der Waals surface area (Å²) in [5.74, 6) is -0.368. The second kappa shape index (κ2) is 8.10. The van der Waals surface area contributed by atoms with Gasteiger partial charge in [0.25, 0.3) is 0 Å². The Hall–Kier alpha value is -1.89. The van der Waals surface area contributed by atoms with Gasteiger partial charge >= 0.3 is 11.9 Å². The predicted molar refractivity (Wildman–Crippen MR) is 84.6 cm³/mol. The maximum Gasteiger partial charge on any atom is 0.343 e. The van der Waals surface area contributed by atoms with Gasteiger partial charge in [-0.05, 0) is 38.3 Å². The number of halogens is 1. The molecule has 126 valence electrons. The van der Waals surface area contributed by atoms with Crippen LogP contribution in [0.1, 0.15) is 43.5 Å². The van der Waals surface area contributed by atoms with Crippen molar-refractivity contribution in [3.05, 3.63) is 17.0 Å². The summed E-state index contributed by atoms with van der Waals surface area (Å²) in [7, 11) is 0. The lowest BCUT2D eigenvalue weighted by Gasteiger charge is -2.24. The zero-order chi connectivity index (χ0) is 16.8. The maximum atomic E-state index is 12.1. The third-order valence-electron chi connectivity index (χ3n) is 3.36. The van der Waals surface area contributed by atoms with Gasteiger partial charge in [-0.25, -0.2) is 9.78 Å². The molecule has 0 atom stereocenters. The minimum absolute atomic E-state index is 0.0508. The first kappa shape index (κ1) is 17.5. The van der Waals surface area contributed by atoms with Gasteiger partial charge in [0.15, 0.2) is 0 Å². The first-order valence-electron chi connectivity index (χ1n) is 7.68. The molecule has 0 saturated heterocycles. The van der Waals surface area contributed by atoms with Gasteiger partial charge in [0.1, 0.15) is 11.4 Å². The molecular weight excluding hydrogens is 322 g/mol. The van der Waals surface area contributed by atoms with Gasteiger partial charge in [0.05, 0.1) is 19.6 Å². The van der Waals surface area contributed by atoms with E-state index in [1.54, 1.807) is 13.8 Å². The second-order valence-electron chi connectivity index (χ2n) is 5.08. The SMILES string of the molecule is CCOC(=O)CCN(c1nc(Cl)ncc1C(=O)OCC)C1CC1. The molecular formula is C15H20ClN3O4. The van der Waals surface area contributed by atoms with E-state index in [4.69, 9.17) is 21.1 Å². The Morgan fingerprint density at radius 3 is 2.61 bits per heavy atom. The number of anilines is 1. The van der Waals surface area contributed by atoms with Gasteiger partial charge in [-0.3, -0.25) is 4.79 Å². The number of esters is 2. The summed E-state index contributed by atoms with van der Waals surface area (Å²) < 4.78 is 9.99. The molecule has 0 amide bonds. The van der Waals surface area contributed by atoms with Crippen molar-refractivity contribution in [2.24, 2.45) is 0 Å². The average molecular weight is 342 g/mol. The number of ether oxygens (including phenoxy) is 2. The summed E-state index contributed by atoms with van der Waals surface area (Å²) in [6, 6.07) is 0.239. The van der Waals surface area contributed by atoms with E-state index in [0.717, 1.165) is 12.8 Å². The molecule has 1 aromatic rings. The van der Waals surface area contributed by atoms with Crippen LogP contribution >= 0.6 is 11.6 Å². The van der Waals surface area contributed by atoms with Crippen LogP contribution in [0.3, 0.4) is 0 Å². The molecule has 1 heterocycles. The molecule has 23 heavy (non-hydrogen) atoms. The lowest BCUT2D eigenvalue weighted by molar-refractivity contribution is -0.142. The van der Waals surface area contributed by atoms with Crippen molar-refractivity contribution in [1.29, 1.82) is 0 Å². The Balaban J connectivity index is 2.22. The molecule has 7 nitrogen and oxygen atoms in total. The summed E-state index contributed by atoms with van der Waals surface area (Å²) in [6.07, 6.45) is 3.54. The molecule has 0 aromatic carbocycles. The number of aromatic nitrogens is 2. The largest absolute Gasteiger partial charge is 0.466 e. The van der Waals surface area contributed by atoms with E-state index in [9.17, 15) is 9.59 Å². The topological polar surface area (TPSA) is 81.6 Å². The van der Waals surface area contributed by atoms with Crippen LogP contribution in [-0.4, -0.2) is 47.7 Å². The number of hydrogen-bond acceptors (Lipinski definition) is 7. The third kappa shape index (κ3) is 4.79. The number of nitrogens with zero attached hydrogens (tertiary/aromatic N) is 3. The lowest BCUT2D eigenvalue weighted by atomic mass is 10.2. The van der Waals surface area contributed by atoms with Gasteiger partial charge in [-0.15, -0.1) is 0 Å². The third-order valence-corrected chi connectivity index (χ3v) is 3.54. The van der Waals surface area contributed by atoms with Crippen LogP contribution in [0.4, 0.5) is 5.82 Å². The Labute approximate surface area is 139 Å². The minimum atomic E-state index is -0.499. The fraction of sp³-hybridized carbons (Fsp3) is 0.600. The van der Waals surface area contributed by atoms with Gasteiger partial charge in [0, 0.05) is 18.8 Å². The fourth-order valence-electron chi connectivity index (χ4n) is 2.22. The molecule has 1 aromatic heterocycles. The lowest BCUT2D eigenvalue weighted by Crippen LogP contribution is -2.31. The van der Waals surface area contributed by atoms with Crippen LogP contribution in [0, 0.1) is 0 Å². The summed E-state index contributed by atoms with van der Waals surface area (Å²) in [4.78, 5) is 33.7. The Morgan fingerprint density at radius 2 is 2.00 bits per heavy atom. The highest BCUT2D eigenvalue weighted by Gasteiger charge is 2.33. The monoisotopic (exact) mass is 341 g/mol. The number of carbonyl (C=O) groups excluding carboxylic acids is 2. The molecule has 1 fully saturated rings. The Morgan fingerprint density at radius 1 is 1.30 bits per heavy atom. The normalized spacial score (nSPS) is 13.5. The minimum Gasteiger partial charge on any atom is -0.466 e. The van der Waals surface area contributed by atoms with Crippen molar-refractivity contribution in [1.82, 2.24) is 9.97 Å². The summed E-state index contributed by atoms with van der Waals surface area (Å²) in [6.45, 7) is 4.50. The van der Waals surface area contributed by atoms with Gasteiger partial charge in [-0.1, -0.05) is 0 Å².